The van der Waals surface area contributed by atoms with Gasteiger partial charge in [0.05, 0.1) is 0 Å². The lowest BCUT2D eigenvalue weighted by molar-refractivity contribution is 0.356. The molecule has 1 aromatic rings. The highest BCUT2D eigenvalue weighted by Crippen LogP contribution is 2.29. The van der Waals surface area contributed by atoms with Gasteiger partial charge in [0.2, 0.25) is 10.0 Å². The number of sulfonamides is 1. The highest BCUT2D eigenvalue weighted by atomic mass is 32.2. The summed E-state index contributed by atoms with van der Waals surface area (Å²) in [6.45, 7) is 4.69. The van der Waals surface area contributed by atoms with Crippen molar-refractivity contribution in [2.45, 2.75) is 24.8 Å². The van der Waals surface area contributed by atoms with E-state index in [0.717, 1.165) is 30.0 Å². The van der Waals surface area contributed by atoms with Gasteiger partial charge in [-0.3, -0.25) is 0 Å². The van der Waals surface area contributed by atoms with Crippen LogP contribution in [0.2, 0.25) is 0 Å². The second kappa shape index (κ2) is 6.11. The Bertz CT molecular complexity index is 568. The summed E-state index contributed by atoms with van der Waals surface area (Å²) in [5.41, 5.74) is 6.46. The molecule has 1 saturated heterocycles. The Hall–Kier alpha value is -0.470. The van der Waals surface area contributed by atoms with E-state index in [-0.39, 0.29) is 6.54 Å². The van der Waals surface area contributed by atoms with Gasteiger partial charge in [-0.2, -0.15) is 0 Å². The van der Waals surface area contributed by atoms with Crippen LogP contribution in [0.4, 0.5) is 0 Å². The zero-order valence-corrected chi connectivity index (χ0v) is 13.9. The van der Waals surface area contributed by atoms with Crippen LogP contribution in [0.5, 0.6) is 0 Å². The van der Waals surface area contributed by atoms with E-state index in [0.29, 0.717) is 17.4 Å². The standard InChI is InChI=1S/C13H23N3O2S2/c1-10-9-19-12(6-14)13(10)20(17,18)16(3)8-11-4-5-15(2)7-11/h9,11H,4-8,14H2,1-3H3. The van der Waals surface area contributed by atoms with Gasteiger partial charge in [0.25, 0.3) is 0 Å². The number of rotatable bonds is 5. The summed E-state index contributed by atoms with van der Waals surface area (Å²) in [6.07, 6.45) is 1.06. The summed E-state index contributed by atoms with van der Waals surface area (Å²) < 4.78 is 26.9. The number of likely N-dealkylation sites (tertiary alicyclic amines) is 1. The molecular formula is C13H23N3O2S2. The van der Waals surface area contributed by atoms with Crippen molar-refractivity contribution < 1.29 is 8.42 Å². The number of thiophene rings is 1. The molecule has 1 aromatic heterocycles. The quantitative estimate of drug-likeness (QED) is 0.883. The molecule has 1 fully saturated rings. The van der Waals surface area contributed by atoms with Crippen LogP contribution >= 0.6 is 11.3 Å². The van der Waals surface area contributed by atoms with E-state index in [1.54, 1.807) is 7.05 Å². The minimum atomic E-state index is -3.43. The van der Waals surface area contributed by atoms with Crippen molar-refractivity contribution in [3.8, 4) is 0 Å². The summed E-state index contributed by atoms with van der Waals surface area (Å²) >= 11 is 1.42. The van der Waals surface area contributed by atoms with Crippen LogP contribution in [0.25, 0.3) is 0 Å². The molecule has 1 aliphatic heterocycles. The molecule has 0 bridgehead atoms. The molecule has 5 nitrogen and oxygen atoms in total. The number of hydrogen-bond acceptors (Lipinski definition) is 5. The van der Waals surface area contributed by atoms with Gasteiger partial charge in [-0.05, 0) is 43.8 Å². The highest BCUT2D eigenvalue weighted by molar-refractivity contribution is 7.89. The number of hydrogen-bond donors (Lipinski definition) is 1. The van der Waals surface area contributed by atoms with Crippen LogP contribution in [0.1, 0.15) is 16.9 Å². The summed E-state index contributed by atoms with van der Waals surface area (Å²) in [4.78, 5) is 3.41. The maximum Gasteiger partial charge on any atom is 0.244 e. The molecule has 1 atom stereocenters. The van der Waals surface area contributed by atoms with Crippen LogP contribution in [0.15, 0.2) is 10.3 Å². The summed E-state index contributed by atoms with van der Waals surface area (Å²) in [5.74, 6) is 0.417. The van der Waals surface area contributed by atoms with Crippen LogP contribution in [0, 0.1) is 12.8 Å². The van der Waals surface area contributed by atoms with E-state index in [1.807, 2.05) is 12.3 Å². The monoisotopic (exact) mass is 317 g/mol. The molecule has 1 unspecified atom stereocenters. The molecule has 1 aliphatic rings. The van der Waals surface area contributed by atoms with E-state index >= 15 is 0 Å². The van der Waals surface area contributed by atoms with Crippen molar-refractivity contribution >= 4 is 21.4 Å². The lowest BCUT2D eigenvalue weighted by Gasteiger charge is -2.21. The number of nitrogens with two attached hydrogens (primary N) is 1. The lowest BCUT2D eigenvalue weighted by Crippen LogP contribution is -2.33. The van der Waals surface area contributed by atoms with E-state index in [4.69, 9.17) is 5.73 Å². The van der Waals surface area contributed by atoms with Gasteiger partial charge in [0.1, 0.15) is 4.90 Å². The smallest absolute Gasteiger partial charge is 0.244 e. The van der Waals surface area contributed by atoms with Crippen molar-refractivity contribution in [1.29, 1.82) is 0 Å². The molecule has 0 aliphatic carbocycles. The Kier molecular flexibility index (Phi) is 4.86. The average Bonchev–Trinajstić information content (AvgIpc) is 2.95. The maximum absolute atomic E-state index is 12.7. The molecule has 7 heteroatoms. The van der Waals surface area contributed by atoms with Crippen LogP contribution in [0.3, 0.4) is 0 Å². The van der Waals surface area contributed by atoms with Crippen LogP contribution in [-0.4, -0.2) is 51.4 Å². The number of nitrogens with zero attached hydrogens (tertiary/aromatic N) is 2. The molecule has 0 aromatic carbocycles. The Morgan fingerprint density at radius 2 is 2.25 bits per heavy atom. The lowest BCUT2D eigenvalue weighted by atomic mass is 10.1. The zero-order chi connectivity index (χ0) is 14.9. The van der Waals surface area contributed by atoms with Gasteiger partial charge >= 0.3 is 0 Å². The first-order valence-electron chi connectivity index (χ1n) is 6.78. The summed E-state index contributed by atoms with van der Waals surface area (Å²) in [7, 11) is 0.316. The second-order valence-electron chi connectivity index (χ2n) is 5.58. The van der Waals surface area contributed by atoms with Gasteiger partial charge in [0, 0.05) is 31.6 Å². The zero-order valence-electron chi connectivity index (χ0n) is 12.3. The Morgan fingerprint density at radius 3 is 2.80 bits per heavy atom. The third-order valence-electron chi connectivity index (χ3n) is 3.85. The minimum Gasteiger partial charge on any atom is -0.326 e. The molecule has 2 rings (SSSR count). The second-order valence-corrected chi connectivity index (χ2v) is 8.52. The van der Waals surface area contributed by atoms with Crippen molar-refractivity contribution in [2.75, 3.05) is 33.7 Å². The Labute approximate surface area is 125 Å². The van der Waals surface area contributed by atoms with Gasteiger partial charge in [-0.15, -0.1) is 11.3 Å². The Morgan fingerprint density at radius 1 is 1.55 bits per heavy atom. The molecule has 114 valence electrons. The molecule has 20 heavy (non-hydrogen) atoms. The summed E-state index contributed by atoms with van der Waals surface area (Å²) in [5, 5.41) is 1.87. The normalized spacial score (nSPS) is 20.9. The van der Waals surface area contributed by atoms with E-state index in [2.05, 4.69) is 11.9 Å². The van der Waals surface area contributed by atoms with Gasteiger partial charge in [0.15, 0.2) is 0 Å². The fraction of sp³-hybridized carbons (Fsp3) is 0.692. The third kappa shape index (κ3) is 3.07. The molecule has 0 amide bonds. The molecule has 2 heterocycles. The number of aryl methyl sites for hydroxylation is 1. The third-order valence-corrected chi connectivity index (χ3v) is 7.16. The van der Waals surface area contributed by atoms with Crippen molar-refractivity contribution in [3.63, 3.8) is 0 Å². The average molecular weight is 317 g/mol. The molecule has 0 spiro atoms. The Balaban J connectivity index is 2.19. The van der Waals surface area contributed by atoms with Crippen LogP contribution < -0.4 is 5.73 Å². The van der Waals surface area contributed by atoms with Crippen LogP contribution in [-0.2, 0) is 16.6 Å². The fourth-order valence-electron chi connectivity index (χ4n) is 2.77. The maximum atomic E-state index is 12.7. The first-order chi connectivity index (χ1) is 9.36. The highest BCUT2D eigenvalue weighted by Gasteiger charge is 2.30. The fourth-order valence-corrected chi connectivity index (χ4v) is 5.66. The van der Waals surface area contributed by atoms with E-state index < -0.39 is 10.0 Å². The van der Waals surface area contributed by atoms with Gasteiger partial charge < -0.3 is 10.6 Å². The molecule has 2 N–H and O–H groups in total. The predicted molar refractivity (Wildman–Crippen MR) is 82.4 cm³/mol. The van der Waals surface area contributed by atoms with Crippen molar-refractivity contribution in [1.82, 2.24) is 9.21 Å². The summed E-state index contributed by atoms with van der Waals surface area (Å²) in [6, 6.07) is 0. The molecular weight excluding hydrogens is 294 g/mol. The molecule has 0 radical (unpaired) electrons. The first-order valence-corrected chi connectivity index (χ1v) is 9.10. The predicted octanol–water partition coefficient (Wildman–Crippen LogP) is 1.09. The topological polar surface area (TPSA) is 66.6 Å². The van der Waals surface area contributed by atoms with E-state index in [9.17, 15) is 8.42 Å². The largest absolute Gasteiger partial charge is 0.326 e. The first kappa shape index (κ1) is 15.9. The van der Waals surface area contributed by atoms with Gasteiger partial charge in [-0.25, -0.2) is 12.7 Å². The minimum absolute atomic E-state index is 0.271. The SMILES string of the molecule is Cc1csc(CN)c1S(=O)(=O)N(C)CC1CCN(C)C1. The van der Waals surface area contributed by atoms with E-state index in [1.165, 1.54) is 15.6 Å². The van der Waals surface area contributed by atoms with Crippen molar-refractivity contribution in [2.24, 2.45) is 11.7 Å². The molecule has 0 saturated carbocycles. The van der Waals surface area contributed by atoms with Gasteiger partial charge in [-0.1, -0.05) is 0 Å². The van der Waals surface area contributed by atoms with Crippen molar-refractivity contribution in [3.05, 3.63) is 15.8 Å².